The topological polar surface area (TPSA) is 60.2 Å². The number of hydrogen-bond donors (Lipinski definition) is 1. The molecule has 0 radical (unpaired) electrons. The lowest BCUT2D eigenvalue weighted by Crippen LogP contribution is -2.42. The van der Waals surface area contributed by atoms with Gasteiger partial charge in [0.25, 0.3) is 0 Å². The van der Waals surface area contributed by atoms with E-state index in [1.807, 2.05) is 26.8 Å². The first-order chi connectivity index (χ1) is 8.52. The first-order valence-electron chi connectivity index (χ1n) is 6.34. The number of aromatic nitrogens is 1. The summed E-state index contributed by atoms with van der Waals surface area (Å²) in [6.07, 6.45) is 0.499. The Morgan fingerprint density at radius 1 is 1.50 bits per heavy atom. The van der Waals surface area contributed by atoms with Gasteiger partial charge in [0.2, 0.25) is 0 Å². The monoisotopic (exact) mass is 245 g/mol. The summed E-state index contributed by atoms with van der Waals surface area (Å²) in [6, 6.07) is 4.18. The van der Waals surface area contributed by atoms with Crippen molar-refractivity contribution in [1.82, 2.24) is 4.98 Å². The third-order valence-electron chi connectivity index (χ3n) is 3.60. The van der Waals surface area contributed by atoms with E-state index < -0.39 is 0 Å². The van der Waals surface area contributed by atoms with E-state index in [-0.39, 0.29) is 12.0 Å². The van der Waals surface area contributed by atoms with Crippen LogP contribution in [0.25, 0.3) is 0 Å². The molecule has 1 fully saturated rings. The summed E-state index contributed by atoms with van der Waals surface area (Å²) in [5.41, 5.74) is 2.56. The molecule has 2 heterocycles. The lowest BCUT2D eigenvalue weighted by Gasteiger charge is -2.35. The Morgan fingerprint density at radius 3 is 2.83 bits per heavy atom. The molecule has 1 N–H and O–H groups in total. The molecule has 0 aliphatic carbocycles. The summed E-state index contributed by atoms with van der Waals surface area (Å²) in [5, 5.41) is 19.0. The quantitative estimate of drug-likeness (QED) is 0.819. The molecule has 4 heteroatoms. The molecular formula is C14H19N3O. The molecule has 0 bridgehead atoms. The lowest BCUT2D eigenvalue weighted by atomic mass is 9.96. The average Bonchev–Trinajstić information content (AvgIpc) is 2.32. The van der Waals surface area contributed by atoms with Crippen molar-refractivity contribution in [1.29, 1.82) is 5.26 Å². The van der Waals surface area contributed by atoms with Gasteiger partial charge in [-0.1, -0.05) is 6.92 Å². The van der Waals surface area contributed by atoms with Crippen molar-refractivity contribution >= 4 is 5.82 Å². The molecular weight excluding hydrogens is 226 g/mol. The summed E-state index contributed by atoms with van der Waals surface area (Å²) in [6.45, 7) is 7.44. The molecule has 18 heavy (non-hydrogen) atoms. The number of aliphatic hydroxyl groups excluding tert-OH is 1. The van der Waals surface area contributed by atoms with Crippen molar-refractivity contribution < 1.29 is 5.11 Å². The fourth-order valence-electron chi connectivity index (χ4n) is 2.51. The van der Waals surface area contributed by atoms with E-state index >= 15 is 0 Å². The molecule has 1 aromatic rings. The Hall–Kier alpha value is -1.60. The van der Waals surface area contributed by atoms with Crippen LogP contribution in [0.4, 0.5) is 5.82 Å². The van der Waals surface area contributed by atoms with Crippen LogP contribution in [0.1, 0.15) is 30.2 Å². The first-order valence-corrected chi connectivity index (χ1v) is 6.34. The second-order valence-electron chi connectivity index (χ2n) is 5.17. The Morgan fingerprint density at radius 2 is 2.22 bits per heavy atom. The smallest absolute Gasteiger partial charge is 0.147 e. The molecule has 1 aliphatic heterocycles. The van der Waals surface area contributed by atoms with Crippen LogP contribution in [0.3, 0.4) is 0 Å². The van der Waals surface area contributed by atoms with E-state index in [9.17, 15) is 10.4 Å². The molecule has 2 unspecified atom stereocenters. The van der Waals surface area contributed by atoms with Crippen LogP contribution in [0.2, 0.25) is 0 Å². The number of nitrogens with zero attached hydrogens (tertiary/aromatic N) is 3. The molecule has 1 aromatic heterocycles. The molecule has 4 nitrogen and oxygen atoms in total. The van der Waals surface area contributed by atoms with Gasteiger partial charge in [-0.05, 0) is 37.8 Å². The molecule has 96 valence electrons. The first kappa shape index (κ1) is 12.8. The second kappa shape index (κ2) is 4.95. The number of anilines is 1. The van der Waals surface area contributed by atoms with Gasteiger partial charge in [-0.15, -0.1) is 0 Å². The van der Waals surface area contributed by atoms with Crippen LogP contribution >= 0.6 is 0 Å². The molecule has 1 saturated heterocycles. The Bertz CT molecular complexity index is 493. The minimum absolute atomic E-state index is 0.216. The van der Waals surface area contributed by atoms with Crippen LogP contribution in [0.15, 0.2) is 6.07 Å². The normalized spacial score (nSPS) is 23.8. The highest BCUT2D eigenvalue weighted by Gasteiger charge is 2.26. The molecule has 0 aromatic carbocycles. The molecule has 2 atom stereocenters. The van der Waals surface area contributed by atoms with Gasteiger partial charge in [0.05, 0.1) is 11.7 Å². The number of nitriles is 1. The zero-order valence-corrected chi connectivity index (χ0v) is 11.1. The van der Waals surface area contributed by atoms with E-state index in [0.29, 0.717) is 5.56 Å². The van der Waals surface area contributed by atoms with Crippen molar-refractivity contribution in [2.75, 3.05) is 18.0 Å². The zero-order valence-electron chi connectivity index (χ0n) is 11.1. The van der Waals surface area contributed by atoms with E-state index in [4.69, 9.17) is 0 Å². The predicted molar refractivity (Wildman–Crippen MR) is 70.4 cm³/mol. The van der Waals surface area contributed by atoms with Crippen LogP contribution in [0.5, 0.6) is 0 Å². The van der Waals surface area contributed by atoms with Crippen molar-refractivity contribution in [2.45, 2.75) is 33.3 Å². The van der Waals surface area contributed by atoms with E-state index in [1.54, 1.807) is 0 Å². The Labute approximate surface area is 108 Å². The number of pyridine rings is 1. The molecule has 0 saturated carbocycles. The minimum atomic E-state index is -0.238. The molecule has 1 aliphatic rings. The highest BCUT2D eigenvalue weighted by Crippen LogP contribution is 2.26. The summed E-state index contributed by atoms with van der Waals surface area (Å²) in [4.78, 5) is 6.63. The minimum Gasteiger partial charge on any atom is -0.393 e. The van der Waals surface area contributed by atoms with Crippen molar-refractivity contribution in [3.05, 3.63) is 22.9 Å². The number of aryl methyl sites for hydroxylation is 2. The van der Waals surface area contributed by atoms with Crippen LogP contribution in [0, 0.1) is 31.1 Å². The standard InChI is InChI=1S/C14H19N3O/c1-9-6-11(3)16-14(12(9)7-15)17-5-4-13(18)10(2)8-17/h6,10,13,18H,4-5,8H2,1-3H3. The highest BCUT2D eigenvalue weighted by atomic mass is 16.3. The van der Waals surface area contributed by atoms with Gasteiger partial charge in [0, 0.05) is 18.8 Å². The number of rotatable bonds is 1. The van der Waals surface area contributed by atoms with E-state index in [0.717, 1.165) is 36.6 Å². The van der Waals surface area contributed by atoms with Gasteiger partial charge in [-0.2, -0.15) is 5.26 Å². The maximum absolute atomic E-state index is 9.77. The van der Waals surface area contributed by atoms with Gasteiger partial charge >= 0.3 is 0 Å². The van der Waals surface area contributed by atoms with Gasteiger partial charge in [0.1, 0.15) is 11.9 Å². The zero-order chi connectivity index (χ0) is 13.3. The SMILES string of the molecule is Cc1cc(C)c(C#N)c(N2CCC(O)C(C)C2)n1. The number of aliphatic hydroxyl groups is 1. The Kier molecular flexibility index (Phi) is 3.53. The van der Waals surface area contributed by atoms with E-state index in [2.05, 4.69) is 16.0 Å². The Balaban J connectivity index is 2.36. The third kappa shape index (κ3) is 2.32. The van der Waals surface area contributed by atoms with Gasteiger partial charge in [-0.25, -0.2) is 4.98 Å². The van der Waals surface area contributed by atoms with Crippen LogP contribution < -0.4 is 4.90 Å². The fraction of sp³-hybridized carbons (Fsp3) is 0.571. The lowest BCUT2D eigenvalue weighted by molar-refractivity contribution is 0.0968. The van der Waals surface area contributed by atoms with Gasteiger partial charge in [-0.3, -0.25) is 0 Å². The van der Waals surface area contributed by atoms with E-state index in [1.165, 1.54) is 0 Å². The summed E-state index contributed by atoms with van der Waals surface area (Å²) in [7, 11) is 0. The maximum Gasteiger partial charge on any atom is 0.147 e. The summed E-state index contributed by atoms with van der Waals surface area (Å²) < 4.78 is 0. The molecule has 2 rings (SSSR count). The van der Waals surface area contributed by atoms with Crippen LogP contribution in [-0.4, -0.2) is 29.3 Å². The number of piperidine rings is 1. The molecule has 0 spiro atoms. The fourth-order valence-corrected chi connectivity index (χ4v) is 2.51. The van der Waals surface area contributed by atoms with Gasteiger partial charge < -0.3 is 10.0 Å². The predicted octanol–water partition coefficient (Wildman–Crippen LogP) is 1.78. The average molecular weight is 245 g/mol. The van der Waals surface area contributed by atoms with Gasteiger partial charge in [0.15, 0.2) is 0 Å². The van der Waals surface area contributed by atoms with Crippen molar-refractivity contribution in [3.63, 3.8) is 0 Å². The van der Waals surface area contributed by atoms with Crippen LogP contribution in [-0.2, 0) is 0 Å². The molecule has 0 amide bonds. The second-order valence-corrected chi connectivity index (χ2v) is 5.17. The van der Waals surface area contributed by atoms with Crippen molar-refractivity contribution in [2.24, 2.45) is 5.92 Å². The van der Waals surface area contributed by atoms with Crippen molar-refractivity contribution in [3.8, 4) is 6.07 Å². The maximum atomic E-state index is 9.77. The number of hydrogen-bond acceptors (Lipinski definition) is 4. The summed E-state index contributed by atoms with van der Waals surface area (Å²) >= 11 is 0. The summed E-state index contributed by atoms with van der Waals surface area (Å²) in [5.74, 6) is 0.988. The third-order valence-corrected chi connectivity index (χ3v) is 3.60. The largest absolute Gasteiger partial charge is 0.393 e. The highest BCUT2D eigenvalue weighted by molar-refractivity contribution is 5.58.